The Balaban J connectivity index is 1.88. The number of likely N-dealkylation sites (tertiary alicyclic amines) is 1. The second kappa shape index (κ2) is 5.86. The summed E-state index contributed by atoms with van der Waals surface area (Å²) in [6.45, 7) is 10.1. The van der Waals surface area contributed by atoms with Crippen molar-refractivity contribution in [1.29, 1.82) is 0 Å². The van der Waals surface area contributed by atoms with Gasteiger partial charge in [-0.3, -0.25) is 4.90 Å². The molecule has 1 aromatic rings. The van der Waals surface area contributed by atoms with E-state index < -0.39 is 23.3 Å². The molecule has 7 heteroatoms. The summed E-state index contributed by atoms with van der Waals surface area (Å²) in [5, 5.41) is 0. The number of esters is 2. The van der Waals surface area contributed by atoms with Gasteiger partial charge >= 0.3 is 17.7 Å². The summed E-state index contributed by atoms with van der Waals surface area (Å²) in [7, 11) is 0. The molecule has 0 saturated carbocycles. The third-order valence-corrected chi connectivity index (χ3v) is 6.09. The third kappa shape index (κ3) is 2.44. The highest BCUT2D eigenvalue weighted by molar-refractivity contribution is 6.31. The first-order chi connectivity index (χ1) is 12.7. The molecule has 3 aliphatic heterocycles. The van der Waals surface area contributed by atoms with E-state index in [9.17, 15) is 9.59 Å². The van der Waals surface area contributed by atoms with Crippen LogP contribution in [-0.2, 0) is 31.4 Å². The van der Waals surface area contributed by atoms with Crippen molar-refractivity contribution in [3.8, 4) is 5.75 Å². The van der Waals surface area contributed by atoms with Crippen molar-refractivity contribution in [3.63, 3.8) is 0 Å². The van der Waals surface area contributed by atoms with E-state index in [1.165, 1.54) is 19.3 Å². The Morgan fingerprint density at radius 3 is 2.15 bits per heavy atom. The van der Waals surface area contributed by atoms with Crippen LogP contribution in [0.1, 0.15) is 55.4 Å². The highest BCUT2D eigenvalue weighted by atomic mass is 16.8. The minimum Gasteiger partial charge on any atom is -0.478 e. The average molecular weight is 374 g/mol. The number of nitrogen functional groups attached to an aromatic ring is 1. The number of rotatable bonds is 2. The summed E-state index contributed by atoms with van der Waals surface area (Å²) in [6.07, 6.45) is 3.60. The van der Waals surface area contributed by atoms with Crippen LogP contribution in [0.5, 0.6) is 5.75 Å². The molecule has 0 aliphatic carbocycles. The molecule has 0 unspecified atom stereocenters. The van der Waals surface area contributed by atoms with Crippen molar-refractivity contribution >= 4 is 17.6 Å². The molecule has 1 aromatic carbocycles. The van der Waals surface area contributed by atoms with E-state index in [1.807, 2.05) is 13.8 Å². The predicted molar refractivity (Wildman–Crippen MR) is 98.0 cm³/mol. The maximum absolute atomic E-state index is 11.9. The number of hydrogen-bond donors (Lipinski definition) is 1. The number of fused-ring (bicyclic) bond motifs is 2. The van der Waals surface area contributed by atoms with Crippen LogP contribution in [0.25, 0.3) is 0 Å². The van der Waals surface area contributed by atoms with Gasteiger partial charge in [0.2, 0.25) is 0 Å². The molecule has 7 nitrogen and oxygen atoms in total. The normalized spacial score (nSPS) is 23.1. The molecule has 0 aromatic heterocycles. The van der Waals surface area contributed by atoms with Crippen LogP contribution >= 0.6 is 0 Å². The molecule has 0 atom stereocenters. The van der Waals surface area contributed by atoms with Gasteiger partial charge in [0.1, 0.15) is 5.75 Å². The van der Waals surface area contributed by atoms with Gasteiger partial charge < -0.3 is 19.9 Å². The summed E-state index contributed by atoms with van der Waals surface area (Å²) in [5.74, 6) is -2.98. The molecular weight excluding hydrogens is 348 g/mol. The Morgan fingerprint density at radius 1 is 0.963 bits per heavy atom. The van der Waals surface area contributed by atoms with Crippen molar-refractivity contribution in [2.24, 2.45) is 0 Å². The Hall–Kier alpha value is -2.28. The fraction of sp³-hybridized carbons (Fsp3) is 0.600. The fourth-order valence-electron chi connectivity index (χ4n) is 4.45. The zero-order chi connectivity index (χ0) is 19.6. The number of anilines is 1. The number of nitrogens with zero attached hydrogens (tertiary/aromatic N) is 1. The molecule has 27 heavy (non-hydrogen) atoms. The van der Waals surface area contributed by atoms with Gasteiger partial charge in [-0.25, -0.2) is 9.59 Å². The quantitative estimate of drug-likeness (QED) is 0.482. The summed E-state index contributed by atoms with van der Waals surface area (Å²) >= 11 is 0. The lowest BCUT2D eigenvalue weighted by Gasteiger charge is -2.32. The summed E-state index contributed by atoms with van der Waals surface area (Å²) in [6, 6.07) is 0. The largest absolute Gasteiger partial charge is 0.478 e. The molecule has 146 valence electrons. The zero-order valence-corrected chi connectivity index (χ0v) is 16.3. The number of carbonyl (C=O) groups excluding carboxylic acids is 2. The third-order valence-electron chi connectivity index (χ3n) is 6.09. The standard InChI is InChI=1S/C20H26N2O5/c1-11-13(10-22-8-6-5-7-9-22)16-14(12(2)15(11)21)20(19(3,4)25-16)26-17(23)18(24)27-20/h5-10,21H2,1-4H3. The Bertz CT molecular complexity index is 824. The summed E-state index contributed by atoms with van der Waals surface area (Å²) < 4.78 is 17.2. The Kier molecular flexibility index (Phi) is 3.93. The minimum absolute atomic E-state index is 0.557. The molecule has 2 N–H and O–H groups in total. The molecule has 2 fully saturated rings. The highest BCUT2D eigenvalue weighted by Crippen LogP contribution is 2.57. The lowest BCUT2D eigenvalue weighted by molar-refractivity contribution is -0.234. The van der Waals surface area contributed by atoms with Gasteiger partial charge in [-0.1, -0.05) is 6.42 Å². The van der Waals surface area contributed by atoms with E-state index >= 15 is 0 Å². The molecule has 4 rings (SSSR count). The molecular formula is C20H26N2O5. The monoisotopic (exact) mass is 374 g/mol. The smallest absolute Gasteiger partial charge is 0.421 e. The Morgan fingerprint density at radius 2 is 1.56 bits per heavy atom. The number of carbonyl (C=O) groups is 2. The first kappa shape index (κ1) is 18.1. The van der Waals surface area contributed by atoms with Gasteiger partial charge in [0.25, 0.3) is 0 Å². The van der Waals surface area contributed by atoms with Crippen LogP contribution < -0.4 is 10.5 Å². The number of ether oxygens (including phenoxy) is 3. The van der Waals surface area contributed by atoms with Gasteiger partial charge in [0.15, 0.2) is 5.60 Å². The first-order valence-electron chi connectivity index (χ1n) is 9.47. The van der Waals surface area contributed by atoms with Gasteiger partial charge in [0, 0.05) is 17.8 Å². The van der Waals surface area contributed by atoms with Crippen molar-refractivity contribution in [2.45, 2.75) is 64.9 Å². The molecule has 3 heterocycles. The second-order valence-corrected chi connectivity index (χ2v) is 8.19. The van der Waals surface area contributed by atoms with Crippen molar-refractivity contribution in [2.75, 3.05) is 18.8 Å². The summed E-state index contributed by atoms with van der Waals surface area (Å²) in [4.78, 5) is 26.2. The van der Waals surface area contributed by atoms with Crippen LogP contribution in [0.15, 0.2) is 0 Å². The number of piperidine rings is 1. The number of hydrogen-bond acceptors (Lipinski definition) is 7. The average Bonchev–Trinajstić information content (AvgIpc) is 3.04. The number of nitrogens with two attached hydrogens (primary N) is 1. The van der Waals surface area contributed by atoms with Crippen molar-refractivity contribution in [3.05, 3.63) is 22.3 Å². The van der Waals surface area contributed by atoms with E-state index in [4.69, 9.17) is 19.9 Å². The van der Waals surface area contributed by atoms with Crippen LogP contribution in [-0.4, -0.2) is 35.5 Å². The van der Waals surface area contributed by atoms with Crippen LogP contribution in [0, 0.1) is 13.8 Å². The molecule has 0 radical (unpaired) electrons. The van der Waals surface area contributed by atoms with Gasteiger partial charge in [-0.15, -0.1) is 0 Å². The summed E-state index contributed by atoms with van der Waals surface area (Å²) in [5.41, 5.74) is 9.18. The van der Waals surface area contributed by atoms with Crippen molar-refractivity contribution < 1.29 is 23.8 Å². The van der Waals surface area contributed by atoms with Gasteiger partial charge in [0.05, 0.1) is 5.56 Å². The van der Waals surface area contributed by atoms with E-state index in [2.05, 4.69) is 4.90 Å². The van der Waals surface area contributed by atoms with Crippen molar-refractivity contribution in [1.82, 2.24) is 4.90 Å². The minimum atomic E-state index is -1.60. The molecule has 2 saturated heterocycles. The lowest BCUT2D eigenvalue weighted by Crippen LogP contribution is -2.48. The first-order valence-corrected chi connectivity index (χ1v) is 9.47. The van der Waals surface area contributed by atoms with Gasteiger partial charge in [-0.05, 0) is 64.8 Å². The van der Waals surface area contributed by atoms with E-state index in [0.29, 0.717) is 23.5 Å². The van der Waals surface area contributed by atoms with Crippen LogP contribution in [0.4, 0.5) is 5.69 Å². The Labute approximate surface area is 158 Å². The maximum Gasteiger partial charge on any atom is 0.421 e. The number of benzene rings is 1. The van der Waals surface area contributed by atoms with E-state index in [0.717, 1.165) is 29.8 Å². The highest BCUT2D eigenvalue weighted by Gasteiger charge is 2.67. The maximum atomic E-state index is 11.9. The van der Waals surface area contributed by atoms with Gasteiger partial charge in [-0.2, -0.15) is 0 Å². The topological polar surface area (TPSA) is 91.1 Å². The molecule has 0 bridgehead atoms. The van der Waals surface area contributed by atoms with E-state index in [1.54, 1.807) is 13.8 Å². The molecule has 1 spiro atoms. The SMILES string of the molecule is Cc1c(N)c(C)c2c(c1CN1CCCCC1)OC(C)(C)C21OC(=O)C(=O)O1. The van der Waals surface area contributed by atoms with E-state index in [-0.39, 0.29) is 0 Å². The van der Waals surface area contributed by atoms with Crippen LogP contribution in [0.3, 0.4) is 0 Å². The molecule has 3 aliphatic rings. The zero-order valence-electron chi connectivity index (χ0n) is 16.3. The lowest BCUT2D eigenvalue weighted by atomic mass is 9.86. The second-order valence-electron chi connectivity index (χ2n) is 8.19. The van der Waals surface area contributed by atoms with Crippen LogP contribution in [0.2, 0.25) is 0 Å². The fourth-order valence-corrected chi connectivity index (χ4v) is 4.45. The molecule has 0 amide bonds. The predicted octanol–water partition coefficient (Wildman–Crippen LogP) is 2.30.